The molecule has 0 aromatic carbocycles. The normalized spacial score (nSPS) is 23.6. The second-order valence-electron chi connectivity index (χ2n) is 2.22. The van der Waals surface area contributed by atoms with Crippen LogP contribution >= 0.6 is 0 Å². The van der Waals surface area contributed by atoms with Crippen molar-refractivity contribution in [2.75, 3.05) is 6.54 Å². The predicted octanol–water partition coefficient (Wildman–Crippen LogP) is -0.961. The van der Waals surface area contributed by atoms with Crippen molar-refractivity contribution in [3.63, 3.8) is 0 Å². The van der Waals surface area contributed by atoms with Gasteiger partial charge in [-0.15, -0.1) is 0 Å². The van der Waals surface area contributed by atoms with Gasteiger partial charge in [0.15, 0.2) is 5.96 Å². The fourth-order valence-electron chi connectivity index (χ4n) is 0.932. The second kappa shape index (κ2) is 2.17. The number of nitrogens with one attached hydrogen (secondary N) is 1. The van der Waals surface area contributed by atoms with E-state index in [4.69, 9.17) is 16.2 Å². The van der Waals surface area contributed by atoms with Crippen LogP contribution in [0.5, 0.6) is 0 Å². The molecular formula is C5H9N3O2. The Morgan fingerprint density at radius 3 is 2.50 bits per heavy atom. The Kier molecular flexibility index (Phi) is 1.48. The van der Waals surface area contributed by atoms with Gasteiger partial charge in [0.25, 0.3) is 0 Å². The number of nitrogens with zero attached hydrogens (tertiary/aromatic N) is 1. The highest BCUT2D eigenvalue weighted by atomic mass is 16.4. The van der Waals surface area contributed by atoms with Crippen LogP contribution < -0.4 is 5.73 Å². The molecule has 0 aromatic rings. The maximum absolute atomic E-state index is 10.3. The van der Waals surface area contributed by atoms with Crippen LogP contribution in [0.1, 0.15) is 6.42 Å². The van der Waals surface area contributed by atoms with E-state index in [1.165, 1.54) is 4.90 Å². The zero-order chi connectivity index (χ0) is 7.72. The van der Waals surface area contributed by atoms with Crippen LogP contribution in [-0.4, -0.2) is 34.5 Å². The van der Waals surface area contributed by atoms with Gasteiger partial charge in [-0.1, -0.05) is 0 Å². The Balaban J connectivity index is 2.51. The fraction of sp³-hybridized carbons (Fsp3) is 0.600. The van der Waals surface area contributed by atoms with E-state index in [1.54, 1.807) is 0 Å². The third-order valence-electron chi connectivity index (χ3n) is 1.61. The molecule has 4 N–H and O–H groups in total. The maximum atomic E-state index is 10.3. The van der Waals surface area contributed by atoms with Gasteiger partial charge in [0.05, 0.1) is 0 Å². The summed E-state index contributed by atoms with van der Waals surface area (Å²) in [6, 6.07) is -0.558. The summed E-state index contributed by atoms with van der Waals surface area (Å²) in [5.41, 5.74) is 5.07. The van der Waals surface area contributed by atoms with Crippen LogP contribution in [-0.2, 0) is 4.79 Å². The number of guanidine groups is 1. The summed E-state index contributed by atoms with van der Waals surface area (Å²) in [6.45, 7) is 0.590. The van der Waals surface area contributed by atoms with Gasteiger partial charge in [-0.3, -0.25) is 5.41 Å². The van der Waals surface area contributed by atoms with E-state index in [0.717, 1.165) is 0 Å². The Bertz CT molecular complexity index is 160. The van der Waals surface area contributed by atoms with Crippen LogP contribution in [0.3, 0.4) is 0 Å². The Labute approximate surface area is 57.9 Å². The lowest BCUT2D eigenvalue weighted by Crippen LogP contribution is -2.57. The van der Waals surface area contributed by atoms with Crippen LogP contribution in [0.4, 0.5) is 0 Å². The fourth-order valence-corrected chi connectivity index (χ4v) is 0.932. The average molecular weight is 143 g/mol. The van der Waals surface area contributed by atoms with E-state index in [-0.39, 0.29) is 5.96 Å². The largest absolute Gasteiger partial charge is 0.480 e. The van der Waals surface area contributed by atoms with Gasteiger partial charge in [-0.05, 0) is 6.42 Å². The number of likely N-dealkylation sites (tertiary alicyclic amines) is 1. The first kappa shape index (κ1) is 6.85. The van der Waals surface area contributed by atoms with E-state index >= 15 is 0 Å². The van der Waals surface area contributed by atoms with E-state index in [1.807, 2.05) is 0 Å². The summed E-state index contributed by atoms with van der Waals surface area (Å²) in [7, 11) is 0. The highest BCUT2D eigenvalue weighted by molar-refractivity contribution is 5.84. The van der Waals surface area contributed by atoms with Crippen molar-refractivity contribution in [1.82, 2.24) is 4.90 Å². The third kappa shape index (κ3) is 0.896. The van der Waals surface area contributed by atoms with Gasteiger partial charge in [-0.2, -0.15) is 0 Å². The van der Waals surface area contributed by atoms with Crippen LogP contribution in [0.15, 0.2) is 0 Å². The second-order valence-corrected chi connectivity index (χ2v) is 2.22. The van der Waals surface area contributed by atoms with Gasteiger partial charge in [0, 0.05) is 6.54 Å². The summed E-state index contributed by atoms with van der Waals surface area (Å²) in [5.74, 6) is -1.06. The molecule has 56 valence electrons. The van der Waals surface area contributed by atoms with Crippen molar-refractivity contribution in [3.05, 3.63) is 0 Å². The molecule has 0 unspecified atom stereocenters. The first-order valence-corrected chi connectivity index (χ1v) is 2.96. The van der Waals surface area contributed by atoms with Crippen molar-refractivity contribution in [2.45, 2.75) is 12.5 Å². The molecule has 1 rings (SSSR count). The van der Waals surface area contributed by atoms with Crippen molar-refractivity contribution in [2.24, 2.45) is 5.73 Å². The highest BCUT2D eigenvalue weighted by Gasteiger charge is 2.34. The molecule has 5 nitrogen and oxygen atoms in total. The van der Waals surface area contributed by atoms with Crippen molar-refractivity contribution in [1.29, 1.82) is 5.41 Å². The molecule has 1 heterocycles. The van der Waals surface area contributed by atoms with Gasteiger partial charge in [0.1, 0.15) is 6.04 Å². The van der Waals surface area contributed by atoms with Gasteiger partial charge in [0.2, 0.25) is 0 Å². The quantitative estimate of drug-likeness (QED) is 0.325. The zero-order valence-electron chi connectivity index (χ0n) is 5.37. The van der Waals surface area contributed by atoms with Gasteiger partial charge in [-0.25, -0.2) is 4.79 Å². The Morgan fingerprint density at radius 2 is 2.40 bits per heavy atom. The molecule has 1 saturated heterocycles. The molecule has 0 aliphatic carbocycles. The number of aliphatic carboxylic acids is 1. The summed E-state index contributed by atoms with van der Waals surface area (Å²) >= 11 is 0. The maximum Gasteiger partial charge on any atom is 0.326 e. The van der Waals surface area contributed by atoms with E-state index in [9.17, 15) is 4.79 Å². The molecule has 1 aliphatic rings. The molecule has 0 aromatic heterocycles. The molecule has 1 aliphatic heterocycles. The van der Waals surface area contributed by atoms with E-state index in [0.29, 0.717) is 13.0 Å². The topological polar surface area (TPSA) is 90.4 Å². The lowest BCUT2D eigenvalue weighted by atomic mass is 10.0. The van der Waals surface area contributed by atoms with E-state index in [2.05, 4.69) is 0 Å². The van der Waals surface area contributed by atoms with Crippen molar-refractivity contribution < 1.29 is 9.90 Å². The zero-order valence-corrected chi connectivity index (χ0v) is 5.37. The lowest BCUT2D eigenvalue weighted by Gasteiger charge is -2.37. The first-order chi connectivity index (χ1) is 4.63. The minimum atomic E-state index is -0.901. The number of carbonyl (C=O) groups is 1. The molecule has 0 spiro atoms. The number of hydrogen-bond donors (Lipinski definition) is 3. The molecule has 5 heteroatoms. The summed E-state index contributed by atoms with van der Waals surface area (Å²) in [6.07, 6.45) is 0.592. The highest BCUT2D eigenvalue weighted by Crippen LogP contribution is 2.15. The minimum absolute atomic E-state index is 0.154. The smallest absolute Gasteiger partial charge is 0.326 e. The summed E-state index contributed by atoms with van der Waals surface area (Å²) < 4.78 is 0. The molecule has 1 fully saturated rings. The molecule has 0 bridgehead atoms. The summed E-state index contributed by atoms with van der Waals surface area (Å²) in [4.78, 5) is 11.7. The average Bonchev–Trinajstić information content (AvgIpc) is 1.56. The molecule has 0 saturated carbocycles. The standard InChI is InChI=1S/C5H9N3O2/c6-5(7)8-2-1-3(8)4(9)10/h3H,1-2H2,(H3,6,7)(H,9,10)/t3-/m1/s1. The van der Waals surface area contributed by atoms with Crippen LogP contribution in [0, 0.1) is 5.41 Å². The number of carboxylic acid groups (broad SMARTS) is 1. The number of rotatable bonds is 1. The van der Waals surface area contributed by atoms with Crippen molar-refractivity contribution in [3.8, 4) is 0 Å². The minimum Gasteiger partial charge on any atom is -0.480 e. The lowest BCUT2D eigenvalue weighted by molar-refractivity contribution is -0.145. The molecular weight excluding hydrogens is 134 g/mol. The SMILES string of the molecule is N=C(N)N1CC[C@@H]1C(=O)O. The third-order valence-corrected chi connectivity index (χ3v) is 1.61. The Morgan fingerprint density at radius 1 is 1.80 bits per heavy atom. The monoisotopic (exact) mass is 143 g/mol. The van der Waals surface area contributed by atoms with Crippen LogP contribution in [0.2, 0.25) is 0 Å². The van der Waals surface area contributed by atoms with Gasteiger partial charge < -0.3 is 15.7 Å². The predicted molar refractivity (Wildman–Crippen MR) is 34.7 cm³/mol. The molecule has 1 atom stereocenters. The number of hydrogen-bond acceptors (Lipinski definition) is 2. The van der Waals surface area contributed by atoms with Gasteiger partial charge >= 0.3 is 5.97 Å². The molecule has 10 heavy (non-hydrogen) atoms. The van der Waals surface area contributed by atoms with Crippen molar-refractivity contribution >= 4 is 11.9 Å². The Hall–Kier alpha value is -1.26. The van der Waals surface area contributed by atoms with Crippen LogP contribution in [0.25, 0.3) is 0 Å². The number of carboxylic acids is 1. The number of nitrogens with two attached hydrogens (primary N) is 1. The molecule has 0 amide bonds. The first-order valence-electron chi connectivity index (χ1n) is 2.96. The van der Waals surface area contributed by atoms with E-state index < -0.39 is 12.0 Å². The molecule has 0 radical (unpaired) electrons. The summed E-state index contributed by atoms with van der Waals surface area (Å²) in [5, 5.41) is 15.4.